The van der Waals surface area contributed by atoms with E-state index >= 15 is 0 Å². The predicted molar refractivity (Wildman–Crippen MR) is 116 cm³/mol. The zero-order valence-corrected chi connectivity index (χ0v) is 17.7. The molecule has 0 aliphatic rings. The van der Waals surface area contributed by atoms with Gasteiger partial charge in [-0.3, -0.25) is 9.10 Å². The Morgan fingerprint density at radius 3 is 2.17 bits per heavy atom. The van der Waals surface area contributed by atoms with E-state index in [4.69, 9.17) is 11.6 Å². The van der Waals surface area contributed by atoms with E-state index in [1.807, 2.05) is 18.2 Å². The van der Waals surface area contributed by atoms with Crippen molar-refractivity contribution in [2.45, 2.75) is 11.4 Å². The maximum atomic E-state index is 12.7. The molecule has 0 aromatic heterocycles. The van der Waals surface area contributed by atoms with Crippen LogP contribution in [-0.4, -0.2) is 33.3 Å². The van der Waals surface area contributed by atoms with Crippen molar-refractivity contribution in [3.05, 3.63) is 95.0 Å². The van der Waals surface area contributed by atoms with E-state index in [9.17, 15) is 13.2 Å². The van der Waals surface area contributed by atoms with Crippen LogP contribution in [0.25, 0.3) is 0 Å². The van der Waals surface area contributed by atoms with E-state index < -0.39 is 10.0 Å². The van der Waals surface area contributed by atoms with Gasteiger partial charge in [0, 0.05) is 31.2 Å². The van der Waals surface area contributed by atoms with Crippen molar-refractivity contribution < 1.29 is 13.2 Å². The van der Waals surface area contributed by atoms with Crippen LogP contribution in [0.4, 0.5) is 5.69 Å². The molecular weight excluding hydrogens is 408 g/mol. The number of amides is 1. The number of halogens is 1. The summed E-state index contributed by atoms with van der Waals surface area (Å²) in [4.78, 5) is 14.5. The minimum atomic E-state index is -3.66. The largest absolute Gasteiger partial charge is 0.337 e. The Morgan fingerprint density at radius 2 is 1.55 bits per heavy atom. The molecule has 0 atom stereocenters. The number of hydrogen-bond acceptors (Lipinski definition) is 3. The van der Waals surface area contributed by atoms with Gasteiger partial charge in [0.25, 0.3) is 15.9 Å². The second-order valence-electron chi connectivity index (χ2n) is 6.62. The standard InChI is InChI=1S/C22H21ClN2O3S/c1-24(16-17-7-6-8-19(23)15-17)22(26)18-11-13-20(14-12-18)25(2)29(27,28)21-9-4-3-5-10-21/h3-15H,16H2,1-2H3. The summed E-state index contributed by atoms with van der Waals surface area (Å²) in [5.41, 5.74) is 1.88. The van der Waals surface area contributed by atoms with Crippen LogP contribution in [0.5, 0.6) is 0 Å². The summed E-state index contributed by atoms with van der Waals surface area (Å²) < 4.78 is 26.7. The molecule has 0 fully saturated rings. The Hall–Kier alpha value is -2.83. The van der Waals surface area contributed by atoms with Gasteiger partial charge in [-0.1, -0.05) is 41.9 Å². The molecule has 1 amide bonds. The normalized spacial score (nSPS) is 11.1. The summed E-state index contributed by atoms with van der Waals surface area (Å²) in [6, 6.07) is 22.1. The van der Waals surface area contributed by atoms with E-state index in [-0.39, 0.29) is 10.8 Å². The van der Waals surface area contributed by atoms with Gasteiger partial charge in [0.05, 0.1) is 10.6 Å². The Morgan fingerprint density at radius 1 is 0.897 bits per heavy atom. The quantitative estimate of drug-likeness (QED) is 0.583. The number of rotatable bonds is 6. The SMILES string of the molecule is CN(Cc1cccc(Cl)c1)C(=O)c1ccc(N(C)S(=O)(=O)c2ccccc2)cc1. The van der Waals surface area contributed by atoms with Crippen LogP contribution in [0.2, 0.25) is 5.02 Å². The van der Waals surface area contributed by atoms with E-state index in [2.05, 4.69) is 0 Å². The molecule has 3 aromatic carbocycles. The molecule has 0 spiro atoms. The zero-order valence-electron chi connectivity index (χ0n) is 16.1. The Balaban J connectivity index is 1.74. The van der Waals surface area contributed by atoms with Gasteiger partial charge in [-0.15, -0.1) is 0 Å². The van der Waals surface area contributed by atoms with Crippen LogP contribution >= 0.6 is 11.6 Å². The molecule has 0 bridgehead atoms. The summed E-state index contributed by atoms with van der Waals surface area (Å²) in [5.74, 6) is -0.162. The number of nitrogens with zero attached hydrogens (tertiary/aromatic N) is 2. The third-order valence-corrected chi connectivity index (χ3v) is 6.57. The smallest absolute Gasteiger partial charge is 0.264 e. The van der Waals surface area contributed by atoms with Crippen molar-refractivity contribution in [2.24, 2.45) is 0 Å². The first-order valence-corrected chi connectivity index (χ1v) is 10.7. The fourth-order valence-electron chi connectivity index (χ4n) is 2.90. The lowest BCUT2D eigenvalue weighted by molar-refractivity contribution is 0.0785. The second kappa shape index (κ2) is 8.68. The minimum Gasteiger partial charge on any atom is -0.337 e. The third kappa shape index (κ3) is 4.78. The maximum absolute atomic E-state index is 12.7. The summed E-state index contributed by atoms with van der Waals surface area (Å²) in [6.45, 7) is 0.420. The first-order chi connectivity index (χ1) is 13.8. The molecular formula is C22H21ClN2O3S. The molecule has 0 unspecified atom stereocenters. The van der Waals surface area contributed by atoms with Gasteiger partial charge in [-0.2, -0.15) is 0 Å². The highest BCUT2D eigenvalue weighted by atomic mass is 35.5. The van der Waals surface area contributed by atoms with Crippen LogP contribution in [0, 0.1) is 0 Å². The number of carbonyl (C=O) groups excluding carboxylic acids is 1. The third-order valence-electron chi connectivity index (χ3n) is 4.53. The summed E-state index contributed by atoms with van der Waals surface area (Å²) in [6.07, 6.45) is 0. The Kier molecular flexibility index (Phi) is 6.25. The molecule has 0 aliphatic carbocycles. The summed E-state index contributed by atoms with van der Waals surface area (Å²) in [7, 11) is -0.459. The molecule has 0 heterocycles. The number of benzene rings is 3. The summed E-state index contributed by atoms with van der Waals surface area (Å²) in [5, 5.41) is 0.621. The van der Waals surface area contributed by atoms with Gasteiger partial charge in [0.1, 0.15) is 0 Å². The molecule has 0 N–H and O–H groups in total. The van der Waals surface area contributed by atoms with Gasteiger partial charge in [0.2, 0.25) is 0 Å². The Labute approximate surface area is 176 Å². The molecule has 3 rings (SSSR count). The van der Waals surface area contributed by atoms with E-state index in [1.165, 1.54) is 11.4 Å². The average molecular weight is 429 g/mol. The van der Waals surface area contributed by atoms with Gasteiger partial charge in [0.15, 0.2) is 0 Å². The molecule has 3 aromatic rings. The van der Waals surface area contributed by atoms with Crippen LogP contribution in [0.1, 0.15) is 15.9 Å². The first kappa shape index (κ1) is 20.9. The van der Waals surface area contributed by atoms with Crippen molar-refractivity contribution in [3.63, 3.8) is 0 Å². The first-order valence-electron chi connectivity index (χ1n) is 8.93. The number of hydrogen-bond donors (Lipinski definition) is 0. The lowest BCUT2D eigenvalue weighted by atomic mass is 10.1. The molecule has 0 saturated carbocycles. The number of anilines is 1. The van der Waals surface area contributed by atoms with Crippen LogP contribution < -0.4 is 4.31 Å². The van der Waals surface area contributed by atoms with Crippen LogP contribution in [0.3, 0.4) is 0 Å². The number of carbonyl (C=O) groups is 1. The lowest BCUT2D eigenvalue weighted by Gasteiger charge is -2.21. The minimum absolute atomic E-state index is 0.162. The van der Waals surface area contributed by atoms with E-state index in [1.54, 1.807) is 72.6 Å². The van der Waals surface area contributed by atoms with Gasteiger partial charge < -0.3 is 4.90 Å². The molecule has 0 aliphatic heterocycles. The second-order valence-corrected chi connectivity index (χ2v) is 9.03. The van der Waals surface area contributed by atoms with E-state index in [0.717, 1.165) is 5.56 Å². The van der Waals surface area contributed by atoms with Crippen molar-refractivity contribution in [2.75, 3.05) is 18.4 Å². The van der Waals surface area contributed by atoms with Gasteiger partial charge in [-0.05, 0) is 54.1 Å². The molecule has 150 valence electrons. The molecule has 29 heavy (non-hydrogen) atoms. The number of sulfonamides is 1. The van der Waals surface area contributed by atoms with Gasteiger partial charge >= 0.3 is 0 Å². The fourth-order valence-corrected chi connectivity index (χ4v) is 4.33. The predicted octanol–water partition coefficient (Wildman–Crippen LogP) is 4.44. The molecule has 0 saturated heterocycles. The molecule has 0 radical (unpaired) electrons. The fraction of sp³-hybridized carbons (Fsp3) is 0.136. The van der Waals surface area contributed by atoms with E-state index in [0.29, 0.717) is 22.8 Å². The van der Waals surface area contributed by atoms with Crippen LogP contribution in [-0.2, 0) is 16.6 Å². The van der Waals surface area contributed by atoms with Crippen molar-refractivity contribution >= 4 is 33.2 Å². The lowest BCUT2D eigenvalue weighted by Crippen LogP contribution is -2.27. The highest BCUT2D eigenvalue weighted by Gasteiger charge is 2.21. The highest BCUT2D eigenvalue weighted by Crippen LogP contribution is 2.23. The Bertz CT molecular complexity index is 1100. The molecule has 7 heteroatoms. The highest BCUT2D eigenvalue weighted by molar-refractivity contribution is 7.92. The maximum Gasteiger partial charge on any atom is 0.264 e. The van der Waals surface area contributed by atoms with Gasteiger partial charge in [-0.25, -0.2) is 8.42 Å². The average Bonchev–Trinajstić information content (AvgIpc) is 2.73. The van der Waals surface area contributed by atoms with Crippen molar-refractivity contribution in [1.29, 1.82) is 0 Å². The van der Waals surface area contributed by atoms with Crippen molar-refractivity contribution in [3.8, 4) is 0 Å². The van der Waals surface area contributed by atoms with Crippen molar-refractivity contribution in [1.82, 2.24) is 4.90 Å². The topological polar surface area (TPSA) is 57.7 Å². The zero-order chi connectivity index (χ0) is 21.0. The molecule has 5 nitrogen and oxygen atoms in total. The monoisotopic (exact) mass is 428 g/mol. The van der Waals surface area contributed by atoms with Crippen LogP contribution in [0.15, 0.2) is 83.8 Å². The summed E-state index contributed by atoms with van der Waals surface area (Å²) >= 11 is 6.00.